The van der Waals surface area contributed by atoms with Crippen LogP contribution in [0.5, 0.6) is 0 Å². The molecule has 1 aliphatic heterocycles. The van der Waals surface area contributed by atoms with Crippen molar-refractivity contribution in [2.75, 3.05) is 33.4 Å². The van der Waals surface area contributed by atoms with Crippen LogP contribution in [0.2, 0.25) is 0 Å². The zero-order valence-electron chi connectivity index (χ0n) is 11.6. The summed E-state index contributed by atoms with van der Waals surface area (Å²) in [5, 5.41) is 5.09. The van der Waals surface area contributed by atoms with Crippen molar-refractivity contribution in [3.63, 3.8) is 0 Å². The van der Waals surface area contributed by atoms with Gasteiger partial charge in [-0.1, -0.05) is 0 Å². The Bertz CT molecular complexity index is 419. The first kappa shape index (κ1) is 14.5. The lowest BCUT2D eigenvalue weighted by Crippen LogP contribution is -2.41. The fourth-order valence-electron chi connectivity index (χ4n) is 2.46. The highest BCUT2D eigenvalue weighted by atomic mass is 32.1. The van der Waals surface area contributed by atoms with E-state index in [1.54, 1.807) is 7.11 Å². The van der Waals surface area contributed by atoms with E-state index in [4.69, 9.17) is 4.74 Å². The molecule has 1 aliphatic rings. The van der Waals surface area contributed by atoms with Crippen LogP contribution in [-0.4, -0.2) is 44.2 Å². The topological polar surface area (TPSA) is 41.6 Å². The van der Waals surface area contributed by atoms with Gasteiger partial charge in [0.1, 0.15) is 0 Å². The molecule has 106 valence electrons. The highest BCUT2D eigenvalue weighted by molar-refractivity contribution is 7.10. The van der Waals surface area contributed by atoms with Crippen LogP contribution in [0.1, 0.15) is 29.8 Å². The van der Waals surface area contributed by atoms with Gasteiger partial charge in [0, 0.05) is 37.7 Å². The minimum Gasteiger partial charge on any atom is -0.385 e. The number of methoxy groups -OCH3 is 1. The Morgan fingerprint density at radius 2 is 2.47 bits per heavy atom. The van der Waals surface area contributed by atoms with Gasteiger partial charge in [-0.25, -0.2) is 0 Å². The molecule has 0 aromatic carbocycles. The number of rotatable bonds is 6. The van der Waals surface area contributed by atoms with Gasteiger partial charge < -0.3 is 10.1 Å². The number of hydrogen-bond acceptors (Lipinski definition) is 4. The van der Waals surface area contributed by atoms with E-state index in [1.165, 1.54) is 10.4 Å². The van der Waals surface area contributed by atoms with Gasteiger partial charge in [-0.3, -0.25) is 9.69 Å². The largest absolute Gasteiger partial charge is 0.385 e. The smallest absolute Gasteiger partial charge is 0.234 e. The summed E-state index contributed by atoms with van der Waals surface area (Å²) in [6.45, 7) is 5.03. The number of thiophene rings is 1. The maximum atomic E-state index is 11.9. The molecular formula is C14H22N2O2S. The number of carbonyl (C=O) groups excluding carboxylic acids is 1. The Kier molecular flexibility index (Phi) is 5.36. The van der Waals surface area contributed by atoms with Gasteiger partial charge in [-0.2, -0.15) is 0 Å². The molecule has 2 rings (SSSR count). The summed E-state index contributed by atoms with van der Waals surface area (Å²) in [5.41, 5.74) is 1.39. The van der Waals surface area contributed by atoms with Gasteiger partial charge in [-0.05, 0) is 36.8 Å². The quantitative estimate of drug-likeness (QED) is 0.809. The molecule has 0 fully saturated rings. The molecule has 2 heterocycles. The average molecular weight is 282 g/mol. The third-order valence-corrected chi connectivity index (χ3v) is 4.59. The summed E-state index contributed by atoms with van der Waals surface area (Å²) >= 11 is 1.83. The highest BCUT2D eigenvalue weighted by Gasteiger charge is 2.25. The van der Waals surface area contributed by atoms with E-state index in [9.17, 15) is 4.79 Å². The summed E-state index contributed by atoms with van der Waals surface area (Å²) in [6, 6.07) is 2.53. The van der Waals surface area contributed by atoms with Crippen molar-refractivity contribution in [2.24, 2.45) is 0 Å². The summed E-state index contributed by atoms with van der Waals surface area (Å²) < 4.78 is 4.96. The van der Waals surface area contributed by atoms with Crippen molar-refractivity contribution in [2.45, 2.75) is 25.8 Å². The fourth-order valence-corrected chi connectivity index (χ4v) is 3.42. The second kappa shape index (κ2) is 7.03. The molecule has 0 bridgehead atoms. The second-order valence-electron chi connectivity index (χ2n) is 4.89. The minimum atomic E-state index is 0.113. The van der Waals surface area contributed by atoms with Crippen LogP contribution >= 0.6 is 11.3 Å². The first-order chi connectivity index (χ1) is 9.22. The Labute approximate surface area is 118 Å². The van der Waals surface area contributed by atoms with E-state index in [2.05, 4.69) is 28.6 Å². The molecule has 1 aromatic heterocycles. The van der Waals surface area contributed by atoms with Crippen LogP contribution in [0, 0.1) is 0 Å². The van der Waals surface area contributed by atoms with E-state index in [-0.39, 0.29) is 5.91 Å². The third kappa shape index (κ3) is 3.78. The van der Waals surface area contributed by atoms with Crippen LogP contribution in [-0.2, 0) is 16.0 Å². The van der Waals surface area contributed by atoms with Crippen LogP contribution in [0.15, 0.2) is 11.4 Å². The van der Waals surface area contributed by atoms with Gasteiger partial charge in [0.2, 0.25) is 5.91 Å². The van der Waals surface area contributed by atoms with Crippen molar-refractivity contribution < 1.29 is 9.53 Å². The van der Waals surface area contributed by atoms with E-state index < -0.39 is 0 Å². The van der Waals surface area contributed by atoms with Crippen LogP contribution in [0.4, 0.5) is 0 Å². The summed E-state index contributed by atoms with van der Waals surface area (Å²) in [6.07, 6.45) is 1.93. The number of nitrogens with zero attached hydrogens (tertiary/aromatic N) is 1. The first-order valence-electron chi connectivity index (χ1n) is 6.78. The molecule has 0 saturated carbocycles. The normalized spacial score (nSPS) is 19.2. The Hall–Kier alpha value is -0.910. The van der Waals surface area contributed by atoms with E-state index >= 15 is 0 Å². The zero-order chi connectivity index (χ0) is 13.7. The van der Waals surface area contributed by atoms with Gasteiger partial charge in [-0.15, -0.1) is 11.3 Å². The predicted octanol–water partition coefficient (Wildman–Crippen LogP) is 1.82. The molecule has 1 atom stereocenters. The molecular weight excluding hydrogens is 260 g/mol. The predicted molar refractivity (Wildman–Crippen MR) is 77.5 cm³/mol. The van der Waals surface area contributed by atoms with E-state index in [0.717, 1.165) is 19.4 Å². The molecule has 0 radical (unpaired) electrons. The zero-order valence-corrected chi connectivity index (χ0v) is 12.5. The maximum absolute atomic E-state index is 11.9. The number of ether oxygens (including phenoxy) is 1. The van der Waals surface area contributed by atoms with E-state index in [1.807, 2.05) is 11.3 Å². The summed E-state index contributed by atoms with van der Waals surface area (Å²) in [7, 11) is 1.68. The molecule has 0 aliphatic carbocycles. The van der Waals surface area contributed by atoms with Crippen molar-refractivity contribution in [1.82, 2.24) is 10.2 Å². The van der Waals surface area contributed by atoms with Crippen molar-refractivity contribution in [3.05, 3.63) is 21.9 Å². The Morgan fingerprint density at radius 3 is 3.26 bits per heavy atom. The lowest BCUT2D eigenvalue weighted by molar-refractivity contribution is -0.122. The molecule has 0 saturated heterocycles. The number of hydrogen-bond donors (Lipinski definition) is 1. The maximum Gasteiger partial charge on any atom is 0.234 e. The SMILES string of the molecule is COCCCNC(=O)CN1CCc2sccc2[C@@H]1C. The molecule has 4 nitrogen and oxygen atoms in total. The van der Waals surface area contributed by atoms with Crippen molar-refractivity contribution in [1.29, 1.82) is 0 Å². The molecule has 1 N–H and O–H groups in total. The number of nitrogens with one attached hydrogen (secondary N) is 1. The minimum absolute atomic E-state index is 0.113. The Morgan fingerprint density at radius 1 is 1.63 bits per heavy atom. The van der Waals surface area contributed by atoms with Gasteiger partial charge >= 0.3 is 0 Å². The summed E-state index contributed by atoms with van der Waals surface area (Å²) in [5.74, 6) is 0.113. The number of carbonyl (C=O) groups is 1. The van der Waals surface area contributed by atoms with Crippen LogP contribution in [0.3, 0.4) is 0 Å². The van der Waals surface area contributed by atoms with Crippen molar-refractivity contribution >= 4 is 17.2 Å². The molecule has 0 spiro atoms. The lowest BCUT2D eigenvalue weighted by atomic mass is 10.0. The monoisotopic (exact) mass is 282 g/mol. The first-order valence-corrected chi connectivity index (χ1v) is 7.66. The van der Waals surface area contributed by atoms with Crippen molar-refractivity contribution in [3.8, 4) is 0 Å². The molecule has 1 amide bonds. The molecule has 0 unspecified atom stereocenters. The van der Waals surface area contributed by atoms with E-state index in [0.29, 0.717) is 25.7 Å². The second-order valence-corrected chi connectivity index (χ2v) is 5.89. The van der Waals surface area contributed by atoms with Crippen LogP contribution < -0.4 is 5.32 Å². The molecule has 5 heteroatoms. The Balaban J connectivity index is 1.79. The standard InChI is InChI=1S/C14H22N2O2S/c1-11-12-5-9-19-13(12)4-7-16(11)10-14(17)15-6-3-8-18-2/h5,9,11H,3-4,6-8,10H2,1-2H3,(H,15,17)/t11-/m0/s1. The van der Waals surface area contributed by atoms with Gasteiger partial charge in [0.05, 0.1) is 6.54 Å². The van der Waals surface area contributed by atoms with Gasteiger partial charge in [0.15, 0.2) is 0 Å². The third-order valence-electron chi connectivity index (χ3n) is 3.60. The highest BCUT2D eigenvalue weighted by Crippen LogP contribution is 2.32. The molecule has 1 aromatic rings. The number of fused-ring (bicyclic) bond motifs is 1. The molecule has 19 heavy (non-hydrogen) atoms. The number of amides is 1. The average Bonchev–Trinajstić information content (AvgIpc) is 2.87. The van der Waals surface area contributed by atoms with Gasteiger partial charge in [0.25, 0.3) is 0 Å². The fraction of sp³-hybridized carbons (Fsp3) is 0.643. The lowest BCUT2D eigenvalue weighted by Gasteiger charge is -2.32. The van der Waals surface area contributed by atoms with Crippen LogP contribution in [0.25, 0.3) is 0 Å². The summed E-state index contributed by atoms with van der Waals surface area (Å²) in [4.78, 5) is 15.6.